The third kappa shape index (κ3) is 3.56. The predicted octanol–water partition coefficient (Wildman–Crippen LogP) is 2.71. The van der Waals surface area contributed by atoms with E-state index >= 15 is 0 Å². The molecule has 0 aromatic heterocycles. The molecule has 0 heterocycles. The molecule has 8 heteroatoms. The number of hydrogen-bond acceptors (Lipinski definition) is 4. The van der Waals surface area contributed by atoms with Gasteiger partial charge >= 0.3 is 11.8 Å². The number of nitro groups is 1. The Morgan fingerprint density at radius 3 is 2.82 bits per heavy atom. The Kier molecular flexibility index (Phi) is 4.22. The largest absolute Gasteiger partial charge is 0.505 e. The van der Waals surface area contributed by atoms with Gasteiger partial charge in [0.15, 0.2) is 0 Å². The average molecular weight is 264 g/mol. The summed E-state index contributed by atoms with van der Waals surface area (Å²) in [6, 6.07) is 3.06. The Morgan fingerprint density at radius 2 is 2.29 bits per heavy atom. The molecular formula is C9H7ClFNO5. The molecule has 1 N–H and O–H groups in total. The monoisotopic (exact) mass is 263 g/mol. The molecule has 0 aliphatic carbocycles. The normalized spacial score (nSPS) is 11.9. The van der Waals surface area contributed by atoms with Crippen LogP contribution in [0, 0.1) is 15.9 Å². The minimum atomic E-state index is -1.51. The Morgan fingerprint density at radius 1 is 1.65 bits per heavy atom. The molecule has 0 bridgehead atoms. The van der Waals surface area contributed by atoms with Crippen LogP contribution in [-0.2, 0) is 4.74 Å². The van der Waals surface area contributed by atoms with E-state index in [0.29, 0.717) is 0 Å². The van der Waals surface area contributed by atoms with Gasteiger partial charge in [-0.25, -0.2) is 4.79 Å². The summed E-state index contributed by atoms with van der Waals surface area (Å²) in [5, 5.41) is 17.8. The molecule has 0 aliphatic heterocycles. The predicted molar refractivity (Wildman–Crippen MR) is 55.6 cm³/mol. The van der Waals surface area contributed by atoms with Crippen molar-refractivity contribution in [1.82, 2.24) is 0 Å². The van der Waals surface area contributed by atoms with Crippen LogP contribution in [0.3, 0.4) is 0 Å². The van der Waals surface area contributed by atoms with Crippen LogP contribution in [0.5, 0.6) is 0 Å². The van der Waals surface area contributed by atoms with E-state index in [1.807, 2.05) is 0 Å². The molecule has 1 aromatic rings. The van der Waals surface area contributed by atoms with Crippen molar-refractivity contribution in [1.29, 1.82) is 0 Å². The lowest BCUT2D eigenvalue weighted by molar-refractivity contribution is -0.387. The molecular weight excluding hydrogens is 257 g/mol. The molecule has 1 aromatic carbocycles. The number of nitrogens with zero attached hydrogens (tertiary/aromatic N) is 1. The Labute approximate surface area is 99.7 Å². The summed E-state index contributed by atoms with van der Waals surface area (Å²) in [5.41, 5.74) is -0.510. The van der Waals surface area contributed by atoms with E-state index in [-0.39, 0.29) is 12.2 Å². The molecule has 0 fully saturated rings. The van der Waals surface area contributed by atoms with Gasteiger partial charge in [-0.2, -0.15) is 4.39 Å². The maximum atomic E-state index is 13.0. The highest BCUT2D eigenvalue weighted by Gasteiger charge is 2.18. The summed E-state index contributed by atoms with van der Waals surface area (Å²) < 4.78 is 17.2. The lowest BCUT2D eigenvalue weighted by atomic mass is 10.1. The van der Waals surface area contributed by atoms with Gasteiger partial charge in [0.2, 0.25) is 5.82 Å². The number of benzene rings is 1. The molecule has 1 atom stereocenters. The second kappa shape index (κ2) is 5.44. The van der Waals surface area contributed by atoms with E-state index in [1.54, 1.807) is 0 Å². The highest BCUT2D eigenvalue weighted by molar-refractivity contribution is 6.21. The lowest BCUT2D eigenvalue weighted by Crippen LogP contribution is -2.07. The smallest absolute Gasteiger partial charge is 0.450 e. The van der Waals surface area contributed by atoms with Crippen LogP contribution in [0.4, 0.5) is 14.9 Å². The summed E-state index contributed by atoms with van der Waals surface area (Å²) in [6.45, 7) is -0.375. The van der Waals surface area contributed by atoms with Gasteiger partial charge in [0.05, 0.1) is 10.3 Å². The van der Waals surface area contributed by atoms with Gasteiger partial charge < -0.3 is 9.84 Å². The van der Waals surface area contributed by atoms with Gasteiger partial charge in [0.1, 0.15) is 6.61 Å². The highest BCUT2D eigenvalue weighted by atomic mass is 35.5. The molecule has 0 unspecified atom stereocenters. The SMILES string of the molecule is O=C(O)OC[C@@H](Cl)c1ccc(F)c([N+](=O)[O-])c1. The van der Waals surface area contributed by atoms with Gasteiger partial charge in [0.25, 0.3) is 0 Å². The second-order valence-corrected chi connectivity index (χ2v) is 3.54. The molecule has 6 nitrogen and oxygen atoms in total. The van der Waals surface area contributed by atoms with E-state index < -0.39 is 28.0 Å². The van der Waals surface area contributed by atoms with E-state index in [4.69, 9.17) is 16.7 Å². The van der Waals surface area contributed by atoms with Crippen molar-refractivity contribution in [3.8, 4) is 0 Å². The number of nitro benzene ring substituents is 1. The fourth-order valence-electron chi connectivity index (χ4n) is 1.11. The van der Waals surface area contributed by atoms with Gasteiger partial charge in [-0.05, 0) is 11.6 Å². The fourth-order valence-corrected chi connectivity index (χ4v) is 1.30. The molecule has 0 spiro atoms. The van der Waals surface area contributed by atoms with Crippen molar-refractivity contribution in [2.45, 2.75) is 5.38 Å². The Bertz CT molecular complexity index is 453. The first kappa shape index (κ1) is 13.2. The third-order valence-electron chi connectivity index (χ3n) is 1.88. The molecule has 0 saturated heterocycles. The van der Waals surface area contributed by atoms with Crippen molar-refractivity contribution >= 4 is 23.4 Å². The van der Waals surface area contributed by atoms with E-state index in [2.05, 4.69) is 4.74 Å². The van der Waals surface area contributed by atoms with Crippen LogP contribution < -0.4 is 0 Å². The number of carboxylic acid groups (broad SMARTS) is 1. The molecule has 92 valence electrons. The van der Waals surface area contributed by atoms with Crippen LogP contribution in [0.25, 0.3) is 0 Å². The Hall–Kier alpha value is -1.89. The summed E-state index contributed by atoms with van der Waals surface area (Å²) in [7, 11) is 0. The minimum absolute atomic E-state index is 0.209. The summed E-state index contributed by atoms with van der Waals surface area (Å²) in [5.74, 6) is -0.984. The Balaban J connectivity index is 2.87. The van der Waals surface area contributed by atoms with Crippen molar-refractivity contribution in [2.24, 2.45) is 0 Å². The van der Waals surface area contributed by atoms with Crippen LogP contribution in [0.1, 0.15) is 10.9 Å². The average Bonchev–Trinajstić information content (AvgIpc) is 2.26. The number of ether oxygens (including phenoxy) is 1. The summed E-state index contributed by atoms with van der Waals surface area (Å²) in [6.07, 6.45) is -1.51. The first-order valence-electron chi connectivity index (χ1n) is 4.35. The van der Waals surface area contributed by atoms with Crippen LogP contribution >= 0.6 is 11.6 Å². The van der Waals surface area contributed by atoms with Gasteiger partial charge in [-0.1, -0.05) is 6.07 Å². The molecule has 17 heavy (non-hydrogen) atoms. The first-order valence-corrected chi connectivity index (χ1v) is 4.79. The van der Waals surface area contributed by atoms with Crippen molar-refractivity contribution in [3.63, 3.8) is 0 Å². The summed E-state index contributed by atoms with van der Waals surface area (Å²) >= 11 is 5.75. The number of alkyl halides is 1. The zero-order valence-electron chi connectivity index (χ0n) is 8.30. The minimum Gasteiger partial charge on any atom is -0.450 e. The maximum absolute atomic E-state index is 13.0. The standard InChI is InChI=1S/C9H7ClFNO5/c10-6(4-17-9(13)14)5-1-2-7(11)8(3-5)12(15)16/h1-3,6H,4H2,(H,13,14)/t6-/m1/s1. The first-order chi connectivity index (χ1) is 7.91. The van der Waals surface area contributed by atoms with Crippen LogP contribution in [-0.4, -0.2) is 22.8 Å². The van der Waals surface area contributed by atoms with E-state index in [0.717, 1.165) is 12.1 Å². The second-order valence-electron chi connectivity index (χ2n) is 3.01. The topological polar surface area (TPSA) is 89.7 Å². The zero-order valence-corrected chi connectivity index (χ0v) is 9.06. The van der Waals surface area contributed by atoms with Crippen LogP contribution in [0.2, 0.25) is 0 Å². The number of hydrogen-bond donors (Lipinski definition) is 1. The highest BCUT2D eigenvalue weighted by Crippen LogP contribution is 2.26. The summed E-state index contributed by atoms with van der Waals surface area (Å²) in [4.78, 5) is 19.7. The molecule has 0 amide bonds. The molecule has 0 saturated carbocycles. The van der Waals surface area contributed by atoms with E-state index in [9.17, 15) is 19.3 Å². The van der Waals surface area contributed by atoms with Crippen molar-refractivity contribution < 1.29 is 24.0 Å². The van der Waals surface area contributed by atoms with Crippen LogP contribution in [0.15, 0.2) is 18.2 Å². The van der Waals surface area contributed by atoms with Crippen molar-refractivity contribution in [3.05, 3.63) is 39.7 Å². The zero-order chi connectivity index (χ0) is 13.0. The third-order valence-corrected chi connectivity index (χ3v) is 2.26. The van der Waals surface area contributed by atoms with Gasteiger partial charge in [-0.3, -0.25) is 10.1 Å². The fraction of sp³-hybridized carbons (Fsp3) is 0.222. The molecule has 0 radical (unpaired) electrons. The quantitative estimate of drug-likeness (QED) is 0.390. The lowest BCUT2D eigenvalue weighted by Gasteiger charge is -2.08. The van der Waals surface area contributed by atoms with Crippen molar-refractivity contribution in [2.75, 3.05) is 6.61 Å². The molecule has 0 aliphatic rings. The number of rotatable bonds is 4. The number of carbonyl (C=O) groups is 1. The molecule has 1 rings (SSSR count). The van der Waals surface area contributed by atoms with Gasteiger partial charge in [-0.15, -0.1) is 11.6 Å². The van der Waals surface area contributed by atoms with Gasteiger partial charge in [0, 0.05) is 6.07 Å². The van der Waals surface area contributed by atoms with E-state index in [1.165, 1.54) is 6.07 Å². The maximum Gasteiger partial charge on any atom is 0.505 e. The number of halogens is 2.